The Morgan fingerprint density at radius 1 is 1.05 bits per heavy atom. The van der Waals surface area contributed by atoms with Crippen LogP contribution in [0.2, 0.25) is 0 Å². The SMILES string of the molecule is CCN(C(C)=O)c1cc(Oc2nc(N)nc(-c3ccc(F)cc3)c2-c2cc(C)nc(C(F)F)c2)ccn1. The van der Waals surface area contributed by atoms with Crippen molar-refractivity contribution in [3.63, 3.8) is 0 Å². The molecule has 0 atom stereocenters. The molecule has 1 amide bonds. The lowest BCUT2D eigenvalue weighted by molar-refractivity contribution is -0.116. The van der Waals surface area contributed by atoms with Crippen LogP contribution in [0, 0.1) is 12.7 Å². The lowest BCUT2D eigenvalue weighted by atomic mass is 9.99. The van der Waals surface area contributed by atoms with Gasteiger partial charge in [0.05, 0.1) is 11.3 Å². The summed E-state index contributed by atoms with van der Waals surface area (Å²) in [4.78, 5) is 30.1. The van der Waals surface area contributed by atoms with Gasteiger partial charge in [-0.3, -0.25) is 14.7 Å². The van der Waals surface area contributed by atoms with E-state index in [1.807, 2.05) is 0 Å². The first kappa shape index (κ1) is 25.5. The molecule has 2 N–H and O–H groups in total. The molecule has 11 heteroatoms. The lowest BCUT2D eigenvalue weighted by Gasteiger charge is -2.19. The van der Waals surface area contributed by atoms with Crippen molar-refractivity contribution < 1.29 is 22.7 Å². The molecule has 0 bridgehead atoms. The van der Waals surface area contributed by atoms with Crippen molar-refractivity contribution in [1.29, 1.82) is 0 Å². The molecule has 0 aliphatic carbocycles. The van der Waals surface area contributed by atoms with Crippen molar-refractivity contribution in [3.05, 3.63) is 71.9 Å². The molecule has 0 fully saturated rings. The van der Waals surface area contributed by atoms with Gasteiger partial charge < -0.3 is 10.5 Å². The van der Waals surface area contributed by atoms with Crippen LogP contribution < -0.4 is 15.4 Å². The summed E-state index contributed by atoms with van der Waals surface area (Å²) in [7, 11) is 0. The Hall–Kier alpha value is -4.54. The van der Waals surface area contributed by atoms with Gasteiger partial charge in [0.25, 0.3) is 6.43 Å². The summed E-state index contributed by atoms with van der Waals surface area (Å²) in [5.74, 6) is -0.210. The maximum absolute atomic E-state index is 13.6. The minimum Gasteiger partial charge on any atom is -0.438 e. The maximum Gasteiger partial charge on any atom is 0.280 e. The summed E-state index contributed by atoms with van der Waals surface area (Å²) in [5.41, 5.74) is 7.19. The van der Waals surface area contributed by atoms with E-state index in [4.69, 9.17) is 10.5 Å². The number of aryl methyl sites for hydroxylation is 1. The van der Waals surface area contributed by atoms with Gasteiger partial charge in [-0.25, -0.2) is 23.1 Å². The molecule has 1 aromatic carbocycles. The van der Waals surface area contributed by atoms with Crippen molar-refractivity contribution in [2.45, 2.75) is 27.2 Å². The number of nitrogen functional groups attached to an aromatic ring is 1. The summed E-state index contributed by atoms with van der Waals surface area (Å²) >= 11 is 0. The predicted octanol–water partition coefficient (Wildman–Crippen LogP) is 5.73. The van der Waals surface area contributed by atoms with Gasteiger partial charge in [0.15, 0.2) is 0 Å². The van der Waals surface area contributed by atoms with Crippen molar-refractivity contribution >= 4 is 17.7 Å². The number of alkyl halides is 2. The fraction of sp³-hybridized carbons (Fsp3) is 0.192. The average Bonchev–Trinajstić information content (AvgIpc) is 2.84. The number of carbonyl (C=O) groups is 1. The number of hydrogen-bond donors (Lipinski definition) is 1. The Labute approximate surface area is 211 Å². The zero-order valence-electron chi connectivity index (χ0n) is 20.2. The minimum atomic E-state index is -2.82. The molecule has 0 aliphatic heterocycles. The Kier molecular flexibility index (Phi) is 7.32. The van der Waals surface area contributed by atoms with E-state index in [9.17, 15) is 18.0 Å². The second kappa shape index (κ2) is 10.6. The van der Waals surface area contributed by atoms with Gasteiger partial charge in [-0.1, -0.05) is 0 Å². The van der Waals surface area contributed by atoms with Gasteiger partial charge in [0.2, 0.25) is 17.7 Å². The standard InChI is InChI=1S/C26H23F3N6O2/c1-4-35(15(3)36)21-13-19(9-10-31-21)37-25-22(17-11-14(2)32-20(12-17)24(28)29)23(33-26(30)34-25)16-5-7-18(27)8-6-16/h5-13,24H,4H2,1-3H3,(H2,30,33,34). The van der Waals surface area contributed by atoms with E-state index < -0.39 is 17.9 Å². The first-order chi connectivity index (χ1) is 17.7. The topological polar surface area (TPSA) is 107 Å². The first-order valence-electron chi connectivity index (χ1n) is 11.3. The number of ether oxygens (including phenoxy) is 1. The summed E-state index contributed by atoms with van der Waals surface area (Å²) in [6.07, 6.45) is -1.35. The fourth-order valence-corrected chi connectivity index (χ4v) is 3.83. The van der Waals surface area contributed by atoms with E-state index in [1.54, 1.807) is 32.0 Å². The molecule has 0 unspecified atom stereocenters. The smallest absolute Gasteiger partial charge is 0.280 e. The summed E-state index contributed by atoms with van der Waals surface area (Å²) in [6.45, 7) is 5.20. The number of anilines is 2. The molecular formula is C26H23F3N6O2. The van der Waals surface area contributed by atoms with Gasteiger partial charge in [0, 0.05) is 37.0 Å². The highest BCUT2D eigenvalue weighted by Crippen LogP contribution is 2.40. The van der Waals surface area contributed by atoms with Crippen molar-refractivity contribution in [2.24, 2.45) is 0 Å². The van der Waals surface area contributed by atoms with E-state index >= 15 is 0 Å². The van der Waals surface area contributed by atoms with Crippen LogP contribution >= 0.6 is 0 Å². The fourth-order valence-electron chi connectivity index (χ4n) is 3.83. The molecule has 37 heavy (non-hydrogen) atoms. The van der Waals surface area contributed by atoms with E-state index in [1.165, 1.54) is 48.4 Å². The maximum atomic E-state index is 13.6. The predicted molar refractivity (Wildman–Crippen MR) is 133 cm³/mol. The first-order valence-corrected chi connectivity index (χ1v) is 11.3. The number of carbonyl (C=O) groups excluding carboxylic acids is 1. The molecule has 4 aromatic rings. The second-order valence-corrected chi connectivity index (χ2v) is 8.06. The highest BCUT2D eigenvalue weighted by molar-refractivity contribution is 5.90. The number of pyridine rings is 2. The highest BCUT2D eigenvalue weighted by Gasteiger charge is 2.22. The molecule has 0 aliphatic rings. The third-order valence-electron chi connectivity index (χ3n) is 5.40. The largest absolute Gasteiger partial charge is 0.438 e. The molecule has 0 radical (unpaired) electrons. The number of nitrogens with two attached hydrogens (primary N) is 1. The highest BCUT2D eigenvalue weighted by atomic mass is 19.3. The number of rotatable bonds is 7. The molecular weight excluding hydrogens is 485 g/mol. The number of amides is 1. The van der Waals surface area contributed by atoms with Crippen LogP contribution in [0.15, 0.2) is 54.7 Å². The van der Waals surface area contributed by atoms with Crippen LogP contribution in [0.25, 0.3) is 22.4 Å². The van der Waals surface area contributed by atoms with Crippen molar-refractivity contribution in [1.82, 2.24) is 19.9 Å². The van der Waals surface area contributed by atoms with Gasteiger partial charge in [0.1, 0.15) is 23.1 Å². The molecule has 4 rings (SSSR count). The van der Waals surface area contributed by atoms with Gasteiger partial charge >= 0.3 is 0 Å². The normalized spacial score (nSPS) is 11.0. The van der Waals surface area contributed by atoms with E-state index in [2.05, 4.69) is 19.9 Å². The molecule has 8 nitrogen and oxygen atoms in total. The molecule has 3 aromatic heterocycles. The Morgan fingerprint density at radius 3 is 2.43 bits per heavy atom. The number of nitrogens with zero attached hydrogens (tertiary/aromatic N) is 5. The third-order valence-corrected chi connectivity index (χ3v) is 5.40. The monoisotopic (exact) mass is 508 g/mol. The number of hydrogen-bond acceptors (Lipinski definition) is 7. The zero-order chi connectivity index (χ0) is 26.7. The summed E-state index contributed by atoms with van der Waals surface area (Å²) in [6, 6.07) is 11.4. The van der Waals surface area contributed by atoms with Crippen LogP contribution in [0.1, 0.15) is 31.7 Å². The van der Waals surface area contributed by atoms with E-state index in [0.29, 0.717) is 29.2 Å². The second-order valence-electron chi connectivity index (χ2n) is 8.06. The zero-order valence-corrected chi connectivity index (χ0v) is 20.2. The quantitative estimate of drug-likeness (QED) is 0.340. The van der Waals surface area contributed by atoms with Crippen LogP contribution in [-0.2, 0) is 4.79 Å². The Morgan fingerprint density at radius 2 is 1.78 bits per heavy atom. The van der Waals surface area contributed by atoms with Crippen molar-refractivity contribution in [3.8, 4) is 34.0 Å². The molecule has 0 spiro atoms. The van der Waals surface area contributed by atoms with Crippen LogP contribution in [0.5, 0.6) is 11.6 Å². The molecule has 190 valence electrons. The minimum absolute atomic E-state index is 0.0272. The Bertz CT molecular complexity index is 1450. The van der Waals surface area contributed by atoms with E-state index in [0.717, 1.165) is 0 Å². The average molecular weight is 509 g/mol. The lowest BCUT2D eigenvalue weighted by Crippen LogP contribution is -2.28. The van der Waals surface area contributed by atoms with Crippen LogP contribution in [0.4, 0.5) is 24.9 Å². The van der Waals surface area contributed by atoms with Crippen LogP contribution in [-0.4, -0.2) is 32.4 Å². The third kappa shape index (κ3) is 5.66. The number of benzene rings is 1. The van der Waals surface area contributed by atoms with Gasteiger partial charge in [-0.05, 0) is 61.9 Å². The van der Waals surface area contributed by atoms with Crippen molar-refractivity contribution in [2.75, 3.05) is 17.2 Å². The molecule has 3 heterocycles. The summed E-state index contributed by atoms with van der Waals surface area (Å²) < 4.78 is 47.0. The van der Waals surface area contributed by atoms with Gasteiger partial charge in [-0.2, -0.15) is 4.98 Å². The molecule has 0 saturated heterocycles. The summed E-state index contributed by atoms with van der Waals surface area (Å²) in [5, 5.41) is 0. The van der Waals surface area contributed by atoms with E-state index in [-0.39, 0.29) is 34.7 Å². The molecule has 0 saturated carbocycles. The number of halogens is 3. The van der Waals surface area contributed by atoms with Gasteiger partial charge in [-0.15, -0.1) is 0 Å². The number of aromatic nitrogens is 4. The Balaban J connectivity index is 1.93. The van der Waals surface area contributed by atoms with Crippen LogP contribution in [0.3, 0.4) is 0 Å².